The Labute approximate surface area is 458 Å². The van der Waals surface area contributed by atoms with Crippen LogP contribution in [0.1, 0.15) is 328 Å². The van der Waals surface area contributed by atoms with Gasteiger partial charge in [-0.25, -0.2) is 4.57 Å². The second-order valence-corrected chi connectivity index (χ2v) is 23.1. The standard InChI is InChI=1S/C64H122NO8P/c1-3-5-7-9-11-13-15-17-19-20-21-22-23-24-25-26-27-28-29-30-31-32-33-34-35-36-37-38-39-40-41-42-43-45-46-48-50-52-54-56-63(66)70-60-62(61-72-74(68,69)71-59-58-65)73-64(67)57-55-53-51-49-47-44-18-16-14-12-10-8-6-4-2/h10,12,16,18,20-21,62H,3-9,11,13-15,17,19,22-61,65H2,1-2H3,(H,68,69)/b12-10-,18-16-,21-20-. The van der Waals surface area contributed by atoms with Gasteiger partial charge >= 0.3 is 19.8 Å². The smallest absolute Gasteiger partial charge is 0.462 e. The van der Waals surface area contributed by atoms with Gasteiger partial charge in [-0.2, -0.15) is 0 Å². The summed E-state index contributed by atoms with van der Waals surface area (Å²) in [5, 5.41) is 0. The molecule has 9 nitrogen and oxygen atoms in total. The molecule has 0 radical (unpaired) electrons. The van der Waals surface area contributed by atoms with Crippen LogP contribution in [-0.2, 0) is 32.7 Å². The maximum atomic E-state index is 12.6. The van der Waals surface area contributed by atoms with Crippen molar-refractivity contribution in [3.05, 3.63) is 36.5 Å². The number of ether oxygens (including phenoxy) is 2. The lowest BCUT2D eigenvalue weighted by Gasteiger charge is -2.19. The molecule has 0 aliphatic heterocycles. The van der Waals surface area contributed by atoms with Gasteiger partial charge in [-0.05, 0) is 64.2 Å². The molecule has 0 aromatic carbocycles. The van der Waals surface area contributed by atoms with Gasteiger partial charge in [0.05, 0.1) is 13.2 Å². The lowest BCUT2D eigenvalue weighted by molar-refractivity contribution is -0.161. The Balaban J connectivity index is 3.71. The third-order valence-corrected chi connectivity index (χ3v) is 15.2. The maximum absolute atomic E-state index is 12.6. The van der Waals surface area contributed by atoms with Crippen LogP contribution >= 0.6 is 7.82 Å². The van der Waals surface area contributed by atoms with E-state index in [1.165, 1.54) is 231 Å². The number of rotatable bonds is 61. The molecule has 436 valence electrons. The van der Waals surface area contributed by atoms with Crippen LogP contribution in [0.2, 0.25) is 0 Å². The number of nitrogens with two attached hydrogens (primary N) is 1. The summed E-state index contributed by atoms with van der Waals surface area (Å²) in [5.74, 6) is -0.831. The zero-order valence-electron chi connectivity index (χ0n) is 48.8. The van der Waals surface area contributed by atoms with Crippen molar-refractivity contribution in [3.8, 4) is 0 Å². The average Bonchev–Trinajstić information content (AvgIpc) is 3.39. The van der Waals surface area contributed by atoms with Gasteiger partial charge in [-0.3, -0.25) is 18.6 Å². The van der Waals surface area contributed by atoms with E-state index in [1.54, 1.807) is 0 Å². The van der Waals surface area contributed by atoms with Crippen LogP contribution < -0.4 is 5.73 Å². The monoisotopic (exact) mass is 1060 g/mol. The number of carbonyl (C=O) groups is 2. The topological polar surface area (TPSA) is 134 Å². The van der Waals surface area contributed by atoms with Crippen LogP contribution in [0.15, 0.2) is 36.5 Å². The molecule has 0 bridgehead atoms. The number of unbranched alkanes of at least 4 members (excludes halogenated alkanes) is 42. The SMILES string of the molecule is CCCC/C=C\C/C=C\CCCCCCCC(=O)OC(COC(=O)CCCCCCCCCCCCCCCCCCCCCCCCCCCCC/C=C\CCCCCCCCCC)COP(=O)(O)OCCN. The number of allylic oxidation sites excluding steroid dienone is 6. The molecule has 0 aromatic heterocycles. The Hall–Kier alpha value is -1.77. The summed E-state index contributed by atoms with van der Waals surface area (Å²) >= 11 is 0. The molecule has 0 saturated carbocycles. The van der Waals surface area contributed by atoms with Crippen molar-refractivity contribution in [1.82, 2.24) is 0 Å². The Morgan fingerprint density at radius 2 is 0.716 bits per heavy atom. The van der Waals surface area contributed by atoms with E-state index in [2.05, 4.69) is 50.3 Å². The minimum atomic E-state index is -4.39. The zero-order valence-corrected chi connectivity index (χ0v) is 49.7. The largest absolute Gasteiger partial charge is 0.472 e. The molecular weight excluding hydrogens is 942 g/mol. The van der Waals surface area contributed by atoms with Crippen molar-refractivity contribution in [3.63, 3.8) is 0 Å². The summed E-state index contributed by atoms with van der Waals surface area (Å²) in [6.45, 7) is 3.72. The molecule has 0 fully saturated rings. The summed E-state index contributed by atoms with van der Waals surface area (Å²) < 4.78 is 33.0. The lowest BCUT2D eigenvalue weighted by atomic mass is 10.0. The van der Waals surface area contributed by atoms with Crippen molar-refractivity contribution in [2.75, 3.05) is 26.4 Å². The second kappa shape index (κ2) is 60.5. The Kier molecular flexibility index (Phi) is 59.0. The van der Waals surface area contributed by atoms with Crippen molar-refractivity contribution < 1.29 is 37.6 Å². The van der Waals surface area contributed by atoms with Gasteiger partial charge in [-0.1, -0.05) is 288 Å². The Bertz CT molecular complexity index is 1310. The van der Waals surface area contributed by atoms with E-state index in [9.17, 15) is 19.0 Å². The normalized spacial score (nSPS) is 13.2. The molecule has 0 rings (SSSR count). The van der Waals surface area contributed by atoms with E-state index >= 15 is 0 Å². The number of carbonyl (C=O) groups excluding carboxylic acids is 2. The highest BCUT2D eigenvalue weighted by molar-refractivity contribution is 7.47. The minimum Gasteiger partial charge on any atom is -0.462 e. The summed E-state index contributed by atoms with van der Waals surface area (Å²) in [6, 6.07) is 0. The fourth-order valence-corrected chi connectivity index (χ4v) is 10.2. The van der Waals surface area contributed by atoms with Crippen LogP contribution in [0.4, 0.5) is 0 Å². The third kappa shape index (κ3) is 59.5. The van der Waals surface area contributed by atoms with Gasteiger partial charge in [0.2, 0.25) is 0 Å². The summed E-state index contributed by atoms with van der Waals surface area (Å²) in [4.78, 5) is 35.1. The van der Waals surface area contributed by atoms with E-state index in [1.807, 2.05) is 0 Å². The molecule has 10 heteroatoms. The summed E-state index contributed by atoms with van der Waals surface area (Å²) in [5.41, 5.74) is 5.38. The van der Waals surface area contributed by atoms with E-state index in [4.69, 9.17) is 24.3 Å². The molecule has 0 spiro atoms. The number of hydrogen-bond donors (Lipinski definition) is 2. The fourth-order valence-electron chi connectivity index (χ4n) is 9.47. The molecule has 2 unspecified atom stereocenters. The maximum Gasteiger partial charge on any atom is 0.472 e. The minimum absolute atomic E-state index is 0.0522. The highest BCUT2D eigenvalue weighted by Crippen LogP contribution is 2.43. The molecule has 3 N–H and O–H groups in total. The van der Waals surface area contributed by atoms with Crippen LogP contribution in [-0.4, -0.2) is 49.3 Å². The highest BCUT2D eigenvalue weighted by Gasteiger charge is 2.26. The molecule has 0 saturated heterocycles. The zero-order chi connectivity index (χ0) is 53.8. The summed E-state index contributed by atoms with van der Waals surface area (Å²) in [7, 11) is -4.39. The molecule has 0 amide bonds. The van der Waals surface area contributed by atoms with Gasteiger partial charge in [0.1, 0.15) is 6.61 Å². The predicted octanol–water partition coefficient (Wildman–Crippen LogP) is 20.4. The Morgan fingerprint density at radius 1 is 0.405 bits per heavy atom. The van der Waals surface area contributed by atoms with Gasteiger partial charge in [0, 0.05) is 19.4 Å². The van der Waals surface area contributed by atoms with E-state index in [0.29, 0.717) is 6.42 Å². The van der Waals surface area contributed by atoms with Gasteiger partial charge in [0.15, 0.2) is 6.10 Å². The molecular formula is C64H122NO8P. The quantitative estimate of drug-likeness (QED) is 0.0264. The number of phosphoric acid groups is 1. The molecule has 0 aliphatic rings. The van der Waals surface area contributed by atoms with E-state index in [-0.39, 0.29) is 38.6 Å². The van der Waals surface area contributed by atoms with Crippen LogP contribution in [0, 0.1) is 0 Å². The van der Waals surface area contributed by atoms with Crippen LogP contribution in [0.5, 0.6) is 0 Å². The van der Waals surface area contributed by atoms with E-state index in [0.717, 1.165) is 64.2 Å². The van der Waals surface area contributed by atoms with Gasteiger partial charge < -0.3 is 20.1 Å². The molecule has 0 aromatic rings. The van der Waals surface area contributed by atoms with Crippen molar-refractivity contribution in [2.24, 2.45) is 5.73 Å². The van der Waals surface area contributed by atoms with Crippen molar-refractivity contribution in [1.29, 1.82) is 0 Å². The lowest BCUT2D eigenvalue weighted by Crippen LogP contribution is -2.29. The number of hydrogen-bond acceptors (Lipinski definition) is 8. The van der Waals surface area contributed by atoms with Crippen molar-refractivity contribution in [2.45, 2.75) is 335 Å². The van der Waals surface area contributed by atoms with Gasteiger partial charge in [-0.15, -0.1) is 0 Å². The van der Waals surface area contributed by atoms with E-state index < -0.39 is 26.5 Å². The molecule has 74 heavy (non-hydrogen) atoms. The average molecular weight is 1060 g/mol. The first kappa shape index (κ1) is 72.2. The molecule has 0 heterocycles. The van der Waals surface area contributed by atoms with Crippen LogP contribution in [0.3, 0.4) is 0 Å². The first-order valence-corrected chi connectivity index (χ1v) is 33.5. The molecule has 0 aliphatic carbocycles. The first-order valence-electron chi connectivity index (χ1n) is 32.0. The third-order valence-electron chi connectivity index (χ3n) is 14.2. The number of esters is 2. The highest BCUT2D eigenvalue weighted by atomic mass is 31.2. The fraction of sp³-hybridized carbons (Fsp3) is 0.875. The number of phosphoric ester groups is 1. The Morgan fingerprint density at radius 3 is 1.08 bits per heavy atom. The predicted molar refractivity (Wildman–Crippen MR) is 317 cm³/mol. The molecule has 2 atom stereocenters. The summed E-state index contributed by atoms with van der Waals surface area (Å²) in [6.07, 6.45) is 74.0. The first-order chi connectivity index (χ1) is 36.3. The van der Waals surface area contributed by atoms with Crippen LogP contribution in [0.25, 0.3) is 0 Å². The van der Waals surface area contributed by atoms with Gasteiger partial charge in [0.25, 0.3) is 0 Å². The van der Waals surface area contributed by atoms with Crippen molar-refractivity contribution >= 4 is 19.8 Å². The second-order valence-electron chi connectivity index (χ2n) is 21.6.